The Bertz CT molecular complexity index is 907. The number of fused-ring (bicyclic) bond motifs is 1. The van der Waals surface area contributed by atoms with E-state index in [1.807, 2.05) is 30.3 Å². The molecule has 6 nitrogen and oxygen atoms in total. The number of hydrogen-bond acceptors (Lipinski definition) is 4. The number of carbonyl (C=O) groups excluding carboxylic acids is 2. The largest absolute Gasteiger partial charge is 0.459 e. The maximum absolute atomic E-state index is 12.9. The van der Waals surface area contributed by atoms with Gasteiger partial charge in [-0.05, 0) is 23.6 Å². The number of carbonyl (C=O) groups is 2. The molecule has 1 aromatic carbocycles. The molecule has 0 N–H and O–H groups in total. The summed E-state index contributed by atoms with van der Waals surface area (Å²) >= 11 is 0. The van der Waals surface area contributed by atoms with Gasteiger partial charge in [0.2, 0.25) is 0 Å². The molecule has 3 aromatic rings. The van der Waals surface area contributed by atoms with Crippen LogP contribution < -0.4 is 0 Å². The van der Waals surface area contributed by atoms with Gasteiger partial charge in [-0.1, -0.05) is 24.3 Å². The van der Waals surface area contributed by atoms with Crippen molar-refractivity contribution in [1.29, 1.82) is 0 Å². The Morgan fingerprint density at radius 3 is 2.32 bits per heavy atom. The van der Waals surface area contributed by atoms with Crippen LogP contribution in [0, 0.1) is 0 Å². The molecular weight excluding hydrogens is 318 g/mol. The van der Waals surface area contributed by atoms with Crippen LogP contribution in [0.5, 0.6) is 0 Å². The van der Waals surface area contributed by atoms with E-state index in [1.165, 1.54) is 6.26 Å². The van der Waals surface area contributed by atoms with Crippen LogP contribution in [0.2, 0.25) is 0 Å². The summed E-state index contributed by atoms with van der Waals surface area (Å²) in [4.78, 5) is 32.9. The smallest absolute Gasteiger partial charge is 0.289 e. The van der Waals surface area contributed by atoms with E-state index in [1.54, 1.807) is 28.1 Å². The lowest BCUT2D eigenvalue weighted by molar-refractivity contribution is 0.0516. The van der Waals surface area contributed by atoms with Crippen molar-refractivity contribution in [2.75, 3.05) is 26.2 Å². The van der Waals surface area contributed by atoms with E-state index in [9.17, 15) is 9.59 Å². The highest BCUT2D eigenvalue weighted by Gasteiger charge is 2.27. The minimum absolute atomic E-state index is 0.0955. The average molecular weight is 335 g/mol. The monoisotopic (exact) mass is 335 g/mol. The predicted octanol–water partition coefficient (Wildman–Crippen LogP) is 2.43. The molecule has 3 heterocycles. The Morgan fingerprint density at radius 1 is 0.880 bits per heavy atom. The van der Waals surface area contributed by atoms with Crippen LogP contribution in [0.1, 0.15) is 21.0 Å². The first-order valence-electron chi connectivity index (χ1n) is 8.20. The van der Waals surface area contributed by atoms with Gasteiger partial charge in [-0.2, -0.15) is 0 Å². The van der Waals surface area contributed by atoms with Gasteiger partial charge in [0.1, 0.15) is 5.69 Å². The fraction of sp³-hybridized carbons (Fsp3) is 0.211. The quantitative estimate of drug-likeness (QED) is 0.721. The van der Waals surface area contributed by atoms with E-state index in [0.29, 0.717) is 37.6 Å². The van der Waals surface area contributed by atoms with Crippen molar-refractivity contribution in [3.63, 3.8) is 0 Å². The van der Waals surface area contributed by atoms with E-state index in [-0.39, 0.29) is 11.8 Å². The lowest BCUT2D eigenvalue weighted by Crippen LogP contribution is -2.50. The minimum Gasteiger partial charge on any atom is -0.459 e. The zero-order chi connectivity index (χ0) is 17.2. The number of nitrogens with zero attached hydrogens (tertiary/aromatic N) is 3. The fourth-order valence-corrected chi connectivity index (χ4v) is 3.11. The van der Waals surface area contributed by atoms with Crippen molar-refractivity contribution in [1.82, 2.24) is 14.8 Å². The second-order valence-electron chi connectivity index (χ2n) is 5.94. The van der Waals surface area contributed by atoms with Crippen molar-refractivity contribution in [2.24, 2.45) is 0 Å². The number of hydrogen-bond donors (Lipinski definition) is 0. The summed E-state index contributed by atoms with van der Waals surface area (Å²) in [6.45, 7) is 1.93. The zero-order valence-corrected chi connectivity index (χ0v) is 13.6. The molecule has 0 spiro atoms. The summed E-state index contributed by atoms with van der Waals surface area (Å²) in [6.07, 6.45) is 3.14. The Hall–Kier alpha value is -3.15. The Balaban J connectivity index is 1.49. The number of aromatic nitrogens is 1. The van der Waals surface area contributed by atoms with Crippen LogP contribution in [0.15, 0.2) is 59.3 Å². The van der Waals surface area contributed by atoms with E-state index in [4.69, 9.17) is 4.42 Å². The number of pyridine rings is 1. The highest BCUT2D eigenvalue weighted by atomic mass is 16.3. The summed E-state index contributed by atoms with van der Waals surface area (Å²) in [5.74, 6) is 0.0952. The third kappa shape index (κ3) is 2.87. The minimum atomic E-state index is -0.139. The molecule has 0 radical (unpaired) electrons. The molecular formula is C19H17N3O3. The predicted molar refractivity (Wildman–Crippen MR) is 92.3 cm³/mol. The van der Waals surface area contributed by atoms with Gasteiger partial charge < -0.3 is 14.2 Å². The van der Waals surface area contributed by atoms with Gasteiger partial charge in [-0.25, -0.2) is 0 Å². The van der Waals surface area contributed by atoms with Gasteiger partial charge >= 0.3 is 0 Å². The van der Waals surface area contributed by atoms with E-state index in [0.717, 1.165) is 10.8 Å². The normalized spacial score (nSPS) is 14.7. The molecule has 4 rings (SSSR count). The van der Waals surface area contributed by atoms with Gasteiger partial charge in [0.05, 0.1) is 6.26 Å². The average Bonchev–Trinajstić information content (AvgIpc) is 3.21. The summed E-state index contributed by atoms with van der Waals surface area (Å²) in [5.41, 5.74) is 0.462. The van der Waals surface area contributed by atoms with E-state index >= 15 is 0 Å². The van der Waals surface area contributed by atoms with Crippen molar-refractivity contribution in [3.05, 3.63) is 66.4 Å². The fourth-order valence-electron chi connectivity index (χ4n) is 3.11. The lowest BCUT2D eigenvalue weighted by atomic mass is 10.1. The van der Waals surface area contributed by atoms with Crippen LogP contribution in [0.4, 0.5) is 0 Å². The molecule has 25 heavy (non-hydrogen) atoms. The number of furan rings is 1. The third-order valence-electron chi connectivity index (χ3n) is 4.46. The molecule has 0 saturated carbocycles. The Kier molecular flexibility index (Phi) is 3.93. The molecule has 0 bridgehead atoms. The second kappa shape index (κ2) is 6.39. The third-order valence-corrected chi connectivity index (χ3v) is 4.46. The SMILES string of the molecule is O=C(c1ccco1)N1CCN(C(=O)c2nccc3ccccc23)CC1. The van der Waals surface area contributed by atoms with Gasteiger partial charge in [0.25, 0.3) is 11.8 Å². The first kappa shape index (κ1) is 15.4. The molecule has 1 saturated heterocycles. The van der Waals surface area contributed by atoms with Crippen LogP contribution in [0.3, 0.4) is 0 Å². The summed E-state index contributed by atoms with van der Waals surface area (Å²) in [6, 6.07) is 13.0. The summed E-state index contributed by atoms with van der Waals surface area (Å²) in [5, 5.41) is 1.84. The van der Waals surface area contributed by atoms with Gasteiger partial charge in [0, 0.05) is 37.8 Å². The molecule has 2 amide bonds. The highest BCUT2D eigenvalue weighted by molar-refractivity contribution is 6.05. The van der Waals surface area contributed by atoms with Crippen molar-refractivity contribution >= 4 is 22.6 Å². The standard InChI is InChI=1S/C19H17N3O3/c23-18(16-6-3-13-25-16)21-9-11-22(12-10-21)19(24)17-15-5-2-1-4-14(15)7-8-20-17/h1-8,13H,9-12H2. The lowest BCUT2D eigenvalue weighted by Gasteiger charge is -2.34. The Labute approximate surface area is 144 Å². The maximum atomic E-state index is 12.9. The molecule has 0 atom stereocenters. The first-order valence-corrected chi connectivity index (χ1v) is 8.20. The van der Waals surface area contributed by atoms with Gasteiger partial charge in [-0.15, -0.1) is 0 Å². The topological polar surface area (TPSA) is 66.7 Å². The molecule has 6 heteroatoms. The van der Waals surface area contributed by atoms with Crippen LogP contribution >= 0.6 is 0 Å². The zero-order valence-electron chi connectivity index (χ0n) is 13.6. The number of benzene rings is 1. The first-order chi connectivity index (χ1) is 12.2. The van der Waals surface area contributed by atoms with Crippen molar-refractivity contribution < 1.29 is 14.0 Å². The number of amides is 2. The maximum Gasteiger partial charge on any atom is 0.289 e. The molecule has 1 fully saturated rings. The number of piperazine rings is 1. The number of rotatable bonds is 2. The van der Waals surface area contributed by atoms with E-state index < -0.39 is 0 Å². The summed E-state index contributed by atoms with van der Waals surface area (Å²) in [7, 11) is 0. The summed E-state index contributed by atoms with van der Waals surface area (Å²) < 4.78 is 5.16. The van der Waals surface area contributed by atoms with Crippen LogP contribution in [0.25, 0.3) is 10.8 Å². The molecule has 126 valence electrons. The van der Waals surface area contributed by atoms with Crippen LogP contribution in [-0.4, -0.2) is 52.8 Å². The van der Waals surface area contributed by atoms with Crippen molar-refractivity contribution in [2.45, 2.75) is 0 Å². The van der Waals surface area contributed by atoms with Gasteiger partial charge in [-0.3, -0.25) is 14.6 Å². The molecule has 1 aliphatic heterocycles. The highest BCUT2D eigenvalue weighted by Crippen LogP contribution is 2.19. The van der Waals surface area contributed by atoms with Crippen molar-refractivity contribution in [3.8, 4) is 0 Å². The molecule has 0 aliphatic carbocycles. The van der Waals surface area contributed by atoms with Gasteiger partial charge in [0.15, 0.2) is 5.76 Å². The molecule has 1 aliphatic rings. The van der Waals surface area contributed by atoms with E-state index in [2.05, 4.69) is 4.98 Å². The van der Waals surface area contributed by atoms with Crippen LogP contribution in [-0.2, 0) is 0 Å². The second-order valence-corrected chi connectivity index (χ2v) is 5.94. The molecule has 0 unspecified atom stereocenters. The molecule has 2 aromatic heterocycles. The Morgan fingerprint density at radius 2 is 1.60 bits per heavy atom.